The number of nitrogens with one attached hydrogen (secondary N) is 1. The van der Waals surface area contributed by atoms with Crippen LogP contribution in [0.5, 0.6) is 11.5 Å². The first-order chi connectivity index (χ1) is 10.6. The molecule has 2 aromatic carbocycles. The third kappa shape index (κ3) is 4.09. The fourth-order valence-corrected chi connectivity index (χ4v) is 1.91. The van der Waals surface area contributed by atoms with Crippen LogP contribution in [0.25, 0.3) is 0 Å². The molecule has 0 aliphatic heterocycles. The summed E-state index contributed by atoms with van der Waals surface area (Å²) in [7, 11) is 0. The van der Waals surface area contributed by atoms with E-state index in [2.05, 4.69) is 10.5 Å². The summed E-state index contributed by atoms with van der Waals surface area (Å²) in [4.78, 5) is 11.9. The average molecular weight is 298 g/mol. The number of ether oxygens (including phenoxy) is 1. The van der Waals surface area contributed by atoms with Crippen LogP contribution in [0, 0.1) is 6.92 Å². The molecule has 2 N–H and O–H groups in total. The third-order valence-electron chi connectivity index (χ3n) is 2.94. The predicted molar refractivity (Wildman–Crippen MR) is 85.5 cm³/mol. The first-order valence-electron chi connectivity index (χ1n) is 6.96. The van der Waals surface area contributed by atoms with Crippen LogP contribution in [-0.2, 0) is 0 Å². The van der Waals surface area contributed by atoms with Crippen molar-refractivity contribution in [3.63, 3.8) is 0 Å². The zero-order valence-corrected chi connectivity index (χ0v) is 12.5. The van der Waals surface area contributed by atoms with Crippen molar-refractivity contribution < 1.29 is 14.6 Å². The Hall–Kier alpha value is -2.82. The van der Waals surface area contributed by atoms with Crippen LogP contribution in [-0.4, -0.2) is 23.8 Å². The summed E-state index contributed by atoms with van der Waals surface area (Å²) < 4.78 is 5.24. The summed E-state index contributed by atoms with van der Waals surface area (Å²) in [6.07, 6.45) is 1.46. The van der Waals surface area contributed by atoms with Gasteiger partial charge in [0.2, 0.25) is 0 Å². The van der Waals surface area contributed by atoms with Gasteiger partial charge in [0.05, 0.1) is 12.8 Å². The largest absolute Gasteiger partial charge is 0.504 e. The summed E-state index contributed by atoms with van der Waals surface area (Å²) in [5.41, 5.74) is 4.66. The minimum absolute atomic E-state index is 0.0378. The van der Waals surface area contributed by atoms with Gasteiger partial charge in [-0.15, -0.1) is 0 Å². The number of benzene rings is 2. The van der Waals surface area contributed by atoms with E-state index >= 15 is 0 Å². The van der Waals surface area contributed by atoms with Crippen LogP contribution in [0.2, 0.25) is 0 Å². The van der Waals surface area contributed by atoms with Crippen LogP contribution in [0.4, 0.5) is 0 Å². The standard InChI is InChI=1S/C17H18N2O3/c1-3-22-16-8-7-13(10-15(16)20)11-18-19-17(21)14-6-4-5-12(2)9-14/h4-11,20H,3H2,1-2H3,(H,19,21)/b18-11+. The van der Waals surface area contributed by atoms with Gasteiger partial charge in [0, 0.05) is 5.56 Å². The number of aromatic hydroxyl groups is 1. The number of carbonyl (C=O) groups is 1. The van der Waals surface area contributed by atoms with Gasteiger partial charge in [-0.25, -0.2) is 5.43 Å². The van der Waals surface area contributed by atoms with Gasteiger partial charge >= 0.3 is 0 Å². The molecule has 0 heterocycles. The van der Waals surface area contributed by atoms with E-state index in [4.69, 9.17) is 4.74 Å². The van der Waals surface area contributed by atoms with Gasteiger partial charge in [-0.1, -0.05) is 17.7 Å². The van der Waals surface area contributed by atoms with Crippen molar-refractivity contribution in [1.29, 1.82) is 0 Å². The van der Waals surface area contributed by atoms with Crippen LogP contribution in [0.3, 0.4) is 0 Å². The van der Waals surface area contributed by atoms with Gasteiger partial charge in [-0.05, 0) is 49.7 Å². The fourth-order valence-electron chi connectivity index (χ4n) is 1.91. The van der Waals surface area contributed by atoms with E-state index < -0.39 is 0 Å². The van der Waals surface area contributed by atoms with Gasteiger partial charge in [-0.2, -0.15) is 5.10 Å². The number of carbonyl (C=O) groups excluding carboxylic acids is 1. The lowest BCUT2D eigenvalue weighted by Gasteiger charge is -2.05. The van der Waals surface area contributed by atoms with E-state index in [1.54, 1.807) is 24.3 Å². The molecule has 0 spiro atoms. The molecular formula is C17H18N2O3. The van der Waals surface area contributed by atoms with Crippen molar-refractivity contribution in [1.82, 2.24) is 5.43 Å². The minimum Gasteiger partial charge on any atom is -0.504 e. The predicted octanol–water partition coefficient (Wildman–Crippen LogP) is 2.86. The van der Waals surface area contributed by atoms with E-state index in [-0.39, 0.29) is 11.7 Å². The number of nitrogens with zero attached hydrogens (tertiary/aromatic N) is 1. The number of rotatable bonds is 5. The van der Waals surface area contributed by atoms with Gasteiger partial charge in [-0.3, -0.25) is 4.79 Å². The molecule has 22 heavy (non-hydrogen) atoms. The summed E-state index contributed by atoms with van der Waals surface area (Å²) in [6.45, 7) is 4.24. The second-order valence-corrected chi connectivity index (χ2v) is 4.73. The van der Waals surface area contributed by atoms with E-state index in [1.165, 1.54) is 12.3 Å². The van der Waals surface area contributed by atoms with Crippen LogP contribution in [0.1, 0.15) is 28.4 Å². The summed E-state index contributed by atoms with van der Waals surface area (Å²) >= 11 is 0. The number of hydrogen-bond acceptors (Lipinski definition) is 4. The molecule has 0 fully saturated rings. The van der Waals surface area contributed by atoms with Crippen molar-refractivity contribution in [2.24, 2.45) is 5.10 Å². The van der Waals surface area contributed by atoms with Crippen LogP contribution >= 0.6 is 0 Å². The first-order valence-corrected chi connectivity index (χ1v) is 6.96. The van der Waals surface area contributed by atoms with Gasteiger partial charge in [0.15, 0.2) is 11.5 Å². The third-order valence-corrected chi connectivity index (χ3v) is 2.94. The van der Waals surface area contributed by atoms with E-state index in [9.17, 15) is 9.90 Å². The summed E-state index contributed by atoms with van der Waals surface area (Å²) in [6, 6.07) is 12.2. The SMILES string of the molecule is CCOc1ccc(/C=N/NC(=O)c2cccc(C)c2)cc1O. The van der Waals surface area contributed by atoms with E-state index in [0.717, 1.165) is 5.56 Å². The number of hydrazone groups is 1. The second kappa shape index (κ2) is 7.26. The highest BCUT2D eigenvalue weighted by molar-refractivity contribution is 5.95. The zero-order valence-electron chi connectivity index (χ0n) is 12.5. The number of hydrogen-bond donors (Lipinski definition) is 2. The van der Waals surface area contributed by atoms with Crippen LogP contribution < -0.4 is 10.2 Å². The molecule has 0 radical (unpaired) electrons. The molecule has 2 rings (SSSR count). The molecule has 5 heteroatoms. The maximum Gasteiger partial charge on any atom is 0.271 e. The highest BCUT2D eigenvalue weighted by Crippen LogP contribution is 2.25. The molecule has 0 bridgehead atoms. The maximum atomic E-state index is 11.9. The molecule has 0 saturated heterocycles. The van der Waals surface area contributed by atoms with Crippen molar-refractivity contribution >= 4 is 12.1 Å². The van der Waals surface area contributed by atoms with Crippen molar-refractivity contribution in [2.45, 2.75) is 13.8 Å². The lowest BCUT2D eigenvalue weighted by atomic mass is 10.1. The Bertz CT molecular complexity index is 696. The Balaban J connectivity index is 2.00. The number of aryl methyl sites for hydroxylation is 1. The molecule has 0 aromatic heterocycles. The fraction of sp³-hybridized carbons (Fsp3) is 0.176. The topological polar surface area (TPSA) is 70.9 Å². The van der Waals surface area contributed by atoms with Crippen molar-refractivity contribution in [3.8, 4) is 11.5 Å². The lowest BCUT2D eigenvalue weighted by Crippen LogP contribution is -2.17. The first kappa shape index (κ1) is 15.6. The zero-order chi connectivity index (χ0) is 15.9. The Morgan fingerprint density at radius 1 is 1.32 bits per heavy atom. The van der Waals surface area contributed by atoms with Gasteiger partial charge in [0.25, 0.3) is 5.91 Å². The molecule has 5 nitrogen and oxygen atoms in total. The number of phenolic OH excluding ortho intramolecular Hbond substituents is 1. The number of amides is 1. The molecule has 0 unspecified atom stereocenters. The monoisotopic (exact) mass is 298 g/mol. The van der Waals surface area contributed by atoms with Crippen molar-refractivity contribution in [2.75, 3.05) is 6.61 Å². The van der Waals surface area contributed by atoms with Crippen molar-refractivity contribution in [3.05, 3.63) is 59.2 Å². The van der Waals surface area contributed by atoms with E-state index in [0.29, 0.717) is 23.5 Å². The summed E-state index contributed by atoms with van der Waals surface area (Å²) in [5, 5.41) is 13.7. The molecule has 0 aliphatic rings. The Labute approximate surface area is 129 Å². The van der Waals surface area contributed by atoms with Gasteiger partial charge in [0.1, 0.15) is 0 Å². The smallest absolute Gasteiger partial charge is 0.271 e. The maximum absolute atomic E-state index is 11.9. The lowest BCUT2D eigenvalue weighted by molar-refractivity contribution is 0.0955. The molecule has 0 atom stereocenters. The Kier molecular flexibility index (Phi) is 5.14. The molecule has 2 aromatic rings. The Morgan fingerprint density at radius 2 is 2.14 bits per heavy atom. The van der Waals surface area contributed by atoms with Gasteiger partial charge < -0.3 is 9.84 Å². The molecule has 0 saturated carbocycles. The van der Waals surface area contributed by atoms with E-state index in [1.807, 2.05) is 26.0 Å². The normalized spacial score (nSPS) is 10.6. The highest BCUT2D eigenvalue weighted by atomic mass is 16.5. The molecule has 0 aliphatic carbocycles. The molecule has 114 valence electrons. The number of phenols is 1. The average Bonchev–Trinajstić information content (AvgIpc) is 2.50. The second-order valence-electron chi connectivity index (χ2n) is 4.73. The molecular weight excluding hydrogens is 280 g/mol. The molecule has 1 amide bonds. The quantitative estimate of drug-likeness (QED) is 0.658. The highest BCUT2D eigenvalue weighted by Gasteiger charge is 2.04. The summed E-state index contributed by atoms with van der Waals surface area (Å²) in [5.74, 6) is 0.175. The Morgan fingerprint density at radius 3 is 2.82 bits per heavy atom. The minimum atomic E-state index is -0.282. The van der Waals surface area contributed by atoms with Crippen LogP contribution in [0.15, 0.2) is 47.6 Å².